The highest BCUT2D eigenvalue weighted by Gasteiger charge is 2.14. The van der Waals surface area contributed by atoms with Gasteiger partial charge in [0.2, 0.25) is 0 Å². The number of nitrogens with zero attached hydrogens (tertiary/aromatic N) is 1. The summed E-state index contributed by atoms with van der Waals surface area (Å²) in [5, 5.41) is 4.65. The van der Waals surface area contributed by atoms with Crippen LogP contribution >= 0.6 is 22.9 Å². The second kappa shape index (κ2) is 6.66. The molecule has 0 aliphatic rings. The Bertz CT molecular complexity index is 596. The molecule has 1 aromatic heterocycles. The van der Waals surface area contributed by atoms with Crippen molar-refractivity contribution in [1.29, 1.82) is 0 Å². The van der Waals surface area contributed by atoms with E-state index in [0.29, 0.717) is 17.4 Å². The Morgan fingerprint density at radius 1 is 1.40 bits per heavy atom. The van der Waals surface area contributed by atoms with Crippen molar-refractivity contribution in [3.63, 3.8) is 0 Å². The van der Waals surface area contributed by atoms with E-state index in [2.05, 4.69) is 19.2 Å². The molecule has 2 nitrogen and oxygen atoms in total. The third-order valence-corrected chi connectivity index (χ3v) is 4.44. The topological polar surface area (TPSA) is 24.9 Å². The Balaban J connectivity index is 2.27. The van der Waals surface area contributed by atoms with Crippen molar-refractivity contribution in [2.24, 2.45) is 0 Å². The second-order valence-electron chi connectivity index (χ2n) is 5.01. The van der Waals surface area contributed by atoms with E-state index in [1.165, 1.54) is 17.0 Å². The van der Waals surface area contributed by atoms with Crippen LogP contribution in [0, 0.1) is 5.82 Å². The molecule has 2 aromatic rings. The normalized spacial score (nSPS) is 11.3. The molecule has 0 amide bonds. The molecule has 2 rings (SSSR count). The number of nitrogens with one attached hydrogen (secondary N) is 1. The zero-order chi connectivity index (χ0) is 14.7. The summed E-state index contributed by atoms with van der Waals surface area (Å²) in [6, 6.07) is 4.51. The first-order valence-corrected chi connectivity index (χ1v) is 7.77. The molecule has 1 N–H and O–H groups in total. The van der Waals surface area contributed by atoms with E-state index in [0.717, 1.165) is 22.8 Å². The predicted octanol–water partition coefficient (Wildman–Crippen LogP) is 4.37. The summed E-state index contributed by atoms with van der Waals surface area (Å²) >= 11 is 7.77. The summed E-state index contributed by atoms with van der Waals surface area (Å²) < 4.78 is 13.1. The molecular weight excluding hydrogens is 295 g/mol. The second-order valence-corrected chi connectivity index (χ2v) is 6.59. The van der Waals surface area contributed by atoms with Gasteiger partial charge in [-0.1, -0.05) is 31.5 Å². The highest BCUT2D eigenvalue weighted by molar-refractivity contribution is 7.11. The van der Waals surface area contributed by atoms with Gasteiger partial charge in [0.25, 0.3) is 0 Å². The average molecular weight is 313 g/mol. The lowest BCUT2D eigenvalue weighted by Gasteiger charge is -2.03. The van der Waals surface area contributed by atoms with E-state index in [1.54, 1.807) is 17.4 Å². The Hall–Kier alpha value is -0.970. The summed E-state index contributed by atoms with van der Waals surface area (Å²) in [4.78, 5) is 5.97. The Morgan fingerprint density at radius 2 is 2.15 bits per heavy atom. The number of benzene rings is 1. The number of hydrogen-bond acceptors (Lipinski definition) is 3. The molecular formula is C15H18ClFN2S. The van der Waals surface area contributed by atoms with Gasteiger partial charge in [-0.3, -0.25) is 0 Å². The first-order valence-electron chi connectivity index (χ1n) is 6.58. The smallest absolute Gasteiger partial charge is 0.124 e. The fourth-order valence-electron chi connectivity index (χ4n) is 2.06. The lowest BCUT2D eigenvalue weighted by atomic mass is 10.1. The minimum atomic E-state index is -0.309. The maximum Gasteiger partial charge on any atom is 0.124 e. The number of thiazole rings is 1. The third kappa shape index (κ3) is 3.57. The van der Waals surface area contributed by atoms with Gasteiger partial charge in [0.1, 0.15) is 5.82 Å². The monoisotopic (exact) mass is 312 g/mol. The van der Waals surface area contributed by atoms with E-state index in [9.17, 15) is 4.39 Å². The fourth-order valence-corrected chi connectivity index (χ4v) is 3.55. The highest BCUT2D eigenvalue weighted by Crippen LogP contribution is 2.28. The number of rotatable bonds is 5. The van der Waals surface area contributed by atoms with Gasteiger partial charge in [0.05, 0.1) is 10.7 Å². The zero-order valence-electron chi connectivity index (χ0n) is 11.8. The van der Waals surface area contributed by atoms with E-state index < -0.39 is 0 Å². The summed E-state index contributed by atoms with van der Waals surface area (Å²) in [5.41, 5.74) is 2.05. The third-order valence-electron chi connectivity index (χ3n) is 3.01. The Labute approximate surface area is 128 Å². The maximum absolute atomic E-state index is 13.1. The van der Waals surface area contributed by atoms with Gasteiger partial charge < -0.3 is 5.32 Å². The van der Waals surface area contributed by atoms with Gasteiger partial charge in [-0.2, -0.15) is 0 Å². The molecule has 0 unspecified atom stereocenters. The standard InChI is InChI=1S/C15H18ClFN2S/c1-9(2)15-13(8-18-3)20-14(19-15)6-10-4-5-11(17)7-12(10)16/h4-5,7,9,18H,6,8H2,1-3H3. The van der Waals surface area contributed by atoms with Crippen LogP contribution in [0.25, 0.3) is 0 Å². The van der Waals surface area contributed by atoms with Crippen LogP contribution < -0.4 is 5.32 Å². The van der Waals surface area contributed by atoms with Gasteiger partial charge in [0, 0.05) is 22.9 Å². The molecule has 0 fully saturated rings. The molecule has 0 radical (unpaired) electrons. The van der Waals surface area contributed by atoms with Crippen molar-refractivity contribution in [2.75, 3.05) is 7.05 Å². The molecule has 0 aliphatic carbocycles. The first kappa shape index (κ1) is 15.4. The van der Waals surface area contributed by atoms with E-state index >= 15 is 0 Å². The minimum absolute atomic E-state index is 0.309. The molecule has 5 heteroatoms. The van der Waals surface area contributed by atoms with Crippen LogP contribution in [0.15, 0.2) is 18.2 Å². The largest absolute Gasteiger partial charge is 0.315 e. The molecule has 0 bridgehead atoms. The maximum atomic E-state index is 13.1. The zero-order valence-corrected chi connectivity index (χ0v) is 13.4. The lowest BCUT2D eigenvalue weighted by molar-refractivity contribution is 0.627. The van der Waals surface area contributed by atoms with Crippen LogP contribution in [-0.4, -0.2) is 12.0 Å². The van der Waals surface area contributed by atoms with Crippen LogP contribution in [0.1, 0.15) is 40.9 Å². The molecule has 0 saturated heterocycles. The molecule has 0 saturated carbocycles. The summed E-state index contributed by atoms with van der Waals surface area (Å²) in [7, 11) is 1.93. The highest BCUT2D eigenvalue weighted by atomic mass is 35.5. The SMILES string of the molecule is CNCc1sc(Cc2ccc(F)cc2Cl)nc1C(C)C. The van der Waals surface area contributed by atoms with Crippen LogP contribution in [0.3, 0.4) is 0 Å². The van der Waals surface area contributed by atoms with Crippen molar-refractivity contribution >= 4 is 22.9 Å². The predicted molar refractivity (Wildman–Crippen MR) is 83.2 cm³/mol. The number of hydrogen-bond donors (Lipinski definition) is 1. The van der Waals surface area contributed by atoms with Crippen molar-refractivity contribution in [2.45, 2.75) is 32.7 Å². The van der Waals surface area contributed by atoms with Crippen molar-refractivity contribution in [1.82, 2.24) is 10.3 Å². The summed E-state index contributed by atoms with van der Waals surface area (Å²) in [5.74, 6) is 0.0867. The average Bonchev–Trinajstić information content (AvgIpc) is 2.76. The molecule has 1 aromatic carbocycles. The summed E-state index contributed by atoms with van der Waals surface area (Å²) in [6.07, 6.45) is 0.646. The molecule has 20 heavy (non-hydrogen) atoms. The number of aromatic nitrogens is 1. The van der Waals surface area contributed by atoms with Crippen LogP contribution in [0.5, 0.6) is 0 Å². The quantitative estimate of drug-likeness (QED) is 0.887. The van der Waals surface area contributed by atoms with Crippen molar-refractivity contribution in [3.8, 4) is 0 Å². The van der Waals surface area contributed by atoms with Gasteiger partial charge in [0.15, 0.2) is 0 Å². The van der Waals surface area contributed by atoms with Gasteiger partial charge in [-0.15, -0.1) is 11.3 Å². The van der Waals surface area contributed by atoms with Crippen molar-refractivity contribution < 1.29 is 4.39 Å². The molecule has 0 spiro atoms. The minimum Gasteiger partial charge on any atom is -0.315 e. The lowest BCUT2D eigenvalue weighted by Crippen LogP contribution is -2.06. The van der Waals surface area contributed by atoms with Crippen LogP contribution in [0.4, 0.5) is 4.39 Å². The van der Waals surface area contributed by atoms with E-state index in [1.807, 2.05) is 7.05 Å². The van der Waals surface area contributed by atoms with Crippen LogP contribution in [0.2, 0.25) is 5.02 Å². The molecule has 108 valence electrons. The Morgan fingerprint density at radius 3 is 2.75 bits per heavy atom. The van der Waals surface area contributed by atoms with E-state index in [4.69, 9.17) is 16.6 Å². The Kier molecular flexibility index (Phi) is 5.13. The van der Waals surface area contributed by atoms with Gasteiger partial charge in [-0.25, -0.2) is 9.37 Å². The van der Waals surface area contributed by atoms with Crippen molar-refractivity contribution in [3.05, 3.63) is 50.2 Å². The van der Waals surface area contributed by atoms with E-state index in [-0.39, 0.29) is 5.82 Å². The molecule has 0 atom stereocenters. The molecule has 0 aliphatic heterocycles. The number of halogens is 2. The van der Waals surface area contributed by atoms with Crippen LogP contribution in [-0.2, 0) is 13.0 Å². The summed E-state index contributed by atoms with van der Waals surface area (Å²) in [6.45, 7) is 5.11. The fraction of sp³-hybridized carbons (Fsp3) is 0.400. The van der Waals surface area contributed by atoms with Gasteiger partial charge in [-0.05, 0) is 30.7 Å². The molecule has 1 heterocycles. The van der Waals surface area contributed by atoms with Gasteiger partial charge >= 0.3 is 0 Å². The first-order chi connectivity index (χ1) is 9.51.